The van der Waals surface area contributed by atoms with Crippen molar-refractivity contribution in [1.82, 2.24) is 19.5 Å². The molecule has 9 aromatic carbocycles. The smallest absolute Gasteiger partial charge is 0.167 e. The average Bonchev–Trinajstić information content (AvgIpc) is 3.90. The Morgan fingerprint density at radius 1 is 0.306 bits per heavy atom. The van der Waals surface area contributed by atoms with Gasteiger partial charge in [-0.2, -0.15) is 0 Å². The molecule has 0 amide bonds. The zero-order valence-electron chi connectivity index (χ0n) is 33.5. The Labute approximate surface area is 357 Å². The molecule has 0 bridgehead atoms. The minimum absolute atomic E-state index is 0.558. The van der Waals surface area contributed by atoms with E-state index in [0.29, 0.717) is 17.5 Å². The predicted molar refractivity (Wildman–Crippen MR) is 254 cm³/mol. The molecule has 12 rings (SSSR count). The van der Waals surface area contributed by atoms with Crippen LogP contribution >= 0.6 is 0 Å². The minimum Gasteiger partial charge on any atom is -0.455 e. The van der Waals surface area contributed by atoms with Crippen molar-refractivity contribution >= 4 is 43.7 Å². The third kappa shape index (κ3) is 6.06. The van der Waals surface area contributed by atoms with Crippen LogP contribution in [0.5, 0.6) is 0 Å². The highest BCUT2D eigenvalue weighted by atomic mass is 16.3. The first-order valence-electron chi connectivity index (χ1n) is 20.8. The molecule has 0 N–H and O–H groups in total. The van der Waals surface area contributed by atoms with Crippen molar-refractivity contribution in [1.29, 1.82) is 0 Å². The summed E-state index contributed by atoms with van der Waals surface area (Å²) in [4.78, 5) is 15.3. The monoisotopic (exact) mass is 792 g/mol. The lowest BCUT2D eigenvalue weighted by Crippen LogP contribution is -2.00. The summed E-state index contributed by atoms with van der Waals surface area (Å²) in [6.07, 6.45) is 0. The lowest BCUT2D eigenvalue weighted by molar-refractivity contribution is 0.669. The molecule has 3 aromatic heterocycles. The maximum Gasteiger partial charge on any atom is 0.167 e. The number of aromatic nitrogens is 4. The van der Waals surface area contributed by atoms with Crippen LogP contribution in [0.3, 0.4) is 0 Å². The summed E-state index contributed by atoms with van der Waals surface area (Å²) < 4.78 is 8.85. The molecule has 0 fully saturated rings. The number of hydrogen-bond donors (Lipinski definition) is 0. The molecule has 0 saturated heterocycles. The van der Waals surface area contributed by atoms with Crippen LogP contribution < -0.4 is 0 Å². The van der Waals surface area contributed by atoms with Crippen LogP contribution in [-0.2, 0) is 0 Å². The van der Waals surface area contributed by atoms with E-state index in [1.54, 1.807) is 0 Å². The van der Waals surface area contributed by atoms with Gasteiger partial charge in [-0.1, -0.05) is 176 Å². The van der Waals surface area contributed by atoms with Gasteiger partial charge in [-0.3, -0.25) is 0 Å². The van der Waals surface area contributed by atoms with Crippen LogP contribution in [0.2, 0.25) is 0 Å². The molecule has 0 radical (unpaired) electrons. The van der Waals surface area contributed by atoms with Crippen LogP contribution in [0.4, 0.5) is 0 Å². The second-order valence-electron chi connectivity index (χ2n) is 15.6. The zero-order chi connectivity index (χ0) is 41.0. The number of fused-ring (bicyclic) bond motifs is 6. The Balaban J connectivity index is 0.983. The summed E-state index contributed by atoms with van der Waals surface area (Å²) in [5, 5.41) is 4.52. The topological polar surface area (TPSA) is 56.7 Å². The molecule has 290 valence electrons. The highest BCUT2D eigenvalue weighted by Crippen LogP contribution is 2.40. The predicted octanol–water partition coefficient (Wildman–Crippen LogP) is 14.9. The van der Waals surface area contributed by atoms with Gasteiger partial charge < -0.3 is 8.98 Å². The molecular formula is C57H36N4O. The molecule has 0 aliphatic heterocycles. The van der Waals surface area contributed by atoms with E-state index < -0.39 is 0 Å². The van der Waals surface area contributed by atoms with Crippen molar-refractivity contribution in [3.63, 3.8) is 0 Å². The molecule has 5 heteroatoms. The Bertz CT molecular complexity index is 3640. The van der Waals surface area contributed by atoms with Crippen molar-refractivity contribution in [2.75, 3.05) is 0 Å². The van der Waals surface area contributed by atoms with Crippen molar-refractivity contribution in [2.24, 2.45) is 0 Å². The highest BCUT2D eigenvalue weighted by Gasteiger charge is 2.19. The third-order valence-corrected chi connectivity index (χ3v) is 11.9. The first-order valence-corrected chi connectivity index (χ1v) is 20.8. The summed E-state index contributed by atoms with van der Waals surface area (Å²) in [5.74, 6) is 1.75. The maximum absolute atomic E-state index is 6.45. The number of para-hydroxylation sites is 3. The normalized spacial score (nSPS) is 11.5. The van der Waals surface area contributed by atoms with Gasteiger partial charge >= 0.3 is 0 Å². The quantitative estimate of drug-likeness (QED) is 0.161. The number of rotatable bonds is 7. The summed E-state index contributed by atoms with van der Waals surface area (Å²) in [7, 11) is 0. The highest BCUT2D eigenvalue weighted by molar-refractivity contribution is 6.11. The van der Waals surface area contributed by atoms with Crippen molar-refractivity contribution < 1.29 is 4.42 Å². The Morgan fingerprint density at radius 2 is 0.855 bits per heavy atom. The zero-order valence-corrected chi connectivity index (χ0v) is 33.5. The fourth-order valence-corrected chi connectivity index (χ4v) is 8.95. The second kappa shape index (κ2) is 14.7. The molecule has 5 nitrogen and oxygen atoms in total. The van der Waals surface area contributed by atoms with E-state index in [9.17, 15) is 0 Å². The van der Waals surface area contributed by atoms with Gasteiger partial charge in [-0.15, -0.1) is 0 Å². The summed E-state index contributed by atoms with van der Waals surface area (Å²) in [5.41, 5.74) is 14.6. The Morgan fingerprint density at radius 3 is 1.68 bits per heavy atom. The SMILES string of the molecule is c1ccc(-c2nc(-c3cccc(-c4cccc(-n5c6ccccc6c6ccc(-c7ccccc7-c7ccccc7)cc65)c4)c3)nc(-c3cccc4c3oc3ccccc34)n2)cc1. The van der Waals surface area contributed by atoms with Crippen LogP contribution in [0.25, 0.3) is 117 Å². The second-order valence-corrected chi connectivity index (χ2v) is 15.6. The van der Waals surface area contributed by atoms with Crippen molar-refractivity contribution in [3.8, 4) is 73.2 Å². The fraction of sp³-hybridized carbons (Fsp3) is 0. The van der Waals surface area contributed by atoms with Crippen LogP contribution in [-0.4, -0.2) is 19.5 Å². The van der Waals surface area contributed by atoms with Gasteiger partial charge in [0.15, 0.2) is 17.5 Å². The summed E-state index contributed by atoms with van der Waals surface area (Å²) >= 11 is 0. The lowest BCUT2D eigenvalue weighted by Gasteiger charge is -2.13. The molecule has 12 aromatic rings. The fourth-order valence-electron chi connectivity index (χ4n) is 8.95. The molecule has 0 aliphatic rings. The molecule has 0 saturated carbocycles. The average molecular weight is 793 g/mol. The molecule has 3 heterocycles. The van der Waals surface area contributed by atoms with Crippen molar-refractivity contribution in [3.05, 3.63) is 218 Å². The molecular weight excluding hydrogens is 757 g/mol. The van der Waals surface area contributed by atoms with Gasteiger partial charge in [-0.05, 0) is 75.8 Å². The largest absolute Gasteiger partial charge is 0.455 e. The Hall–Kier alpha value is -8.41. The maximum atomic E-state index is 6.45. The standard InChI is InChI=1S/C57H36N4O/c1-3-16-37(17-4-1)44-24-7-8-25-45(44)41-32-33-47-46-26-9-11-30-51(46)61(52(47)36-41)43-23-14-21-40(35-43)39-20-13-22-42(34-39)56-58-55(38-18-5-2-6-19-38)59-57(60-56)50-29-15-28-49-48-27-10-12-31-53(48)62-54(49)50/h1-36H. The van der Waals surface area contributed by atoms with Gasteiger partial charge in [-0.25, -0.2) is 15.0 Å². The van der Waals surface area contributed by atoms with Crippen LogP contribution in [0.1, 0.15) is 0 Å². The van der Waals surface area contributed by atoms with E-state index >= 15 is 0 Å². The first-order chi connectivity index (χ1) is 30.7. The number of nitrogens with zero attached hydrogens (tertiary/aromatic N) is 4. The number of benzene rings is 9. The summed E-state index contributed by atoms with van der Waals surface area (Å²) in [6, 6.07) is 76.5. The number of furan rings is 1. The van der Waals surface area contributed by atoms with Gasteiger partial charge in [0.2, 0.25) is 0 Å². The number of hydrogen-bond acceptors (Lipinski definition) is 4. The van der Waals surface area contributed by atoms with Crippen LogP contribution in [0.15, 0.2) is 223 Å². The van der Waals surface area contributed by atoms with Gasteiger partial charge in [0.1, 0.15) is 11.2 Å². The van der Waals surface area contributed by atoms with Gasteiger partial charge in [0.25, 0.3) is 0 Å². The molecule has 0 unspecified atom stereocenters. The van der Waals surface area contributed by atoms with E-state index in [2.05, 4.69) is 162 Å². The Kier molecular flexibility index (Phi) is 8.42. The van der Waals surface area contributed by atoms with Crippen molar-refractivity contribution in [2.45, 2.75) is 0 Å². The molecule has 0 aliphatic carbocycles. The van der Waals surface area contributed by atoms with E-state index in [1.165, 1.54) is 33.0 Å². The summed E-state index contributed by atoms with van der Waals surface area (Å²) in [6.45, 7) is 0. The van der Waals surface area contributed by atoms with E-state index in [4.69, 9.17) is 19.4 Å². The third-order valence-electron chi connectivity index (χ3n) is 11.9. The lowest BCUT2D eigenvalue weighted by atomic mass is 9.94. The molecule has 62 heavy (non-hydrogen) atoms. The van der Waals surface area contributed by atoms with E-state index in [-0.39, 0.29) is 0 Å². The first kappa shape index (κ1) is 35.5. The minimum atomic E-state index is 0.558. The van der Waals surface area contributed by atoms with Gasteiger partial charge in [0, 0.05) is 38.4 Å². The van der Waals surface area contributed by atoms with Gasteiger partial charge in [0.05, 0.1) is 16.6 Å². The molecule has 0 atom stereocenters. The van der Waals surface area contributed by atoms with E-state index in [0.717, 1.165) is 66.5 Å². The molecule has 0 spiro atoms. The van der Waals surface area contributed by atoms with E-state index in [1.807, 2.05) is 60.7 Å². The van der Waals surface area contributed by atoms with Crippen LogP contribution in [0, 0.1) is 0 Å².